The predicted molar refractivity (Wildman–Crippen MR) is 174 cm³/mol. The van der Waals surface area contributed by atoms with Crippen molar-refractivity contribution in [3.05, 3.63) is 89.5 Å². The van der Waals surface area contributed by atoms with Gasteiger partial charge in [-0.2, -0.15) is 5.10 Å². The molecule has 2 saturated carbocycles. The molecule has 0 bridgehead atoms. The summed E-state index contributed by atoms with van der Waals surface area (Å²) >= 11 is 9.57. The Morgan fingerprint density at radius 2 is 1.45 bits per heavy atom. The van der Waals surface area contributed by atoms with Crippen molar-refractivity contribution in [3.8, 4) is 11.4 Å². The molecule has 0 radical (unpaired) electrons. The summed E-state index contributed by atoms with van der Waals surface area (Å²) in [6.07, 6.45) is 14.5. The first kappa shape index (κ1) is 37.5. The van der Waals surface area contributed by atoms with Crippen LogP contribution in [0.4, 0.5) is 0 Å². The van der Waals surface area contributed by atoms with Crippen molar-refractivity contribution >= 4 is 41.5 Å². The standard InChI is InChI=1S/C10H10N4S.C7H7NO2.C6H7N3O.C4H5NS.CH4.H4N2/c15-10-13-12-9(14(10)8-1-2-8)7-3-5-11-6-4-7;1-10-7(9)6-2-4-8-5-3-6;7-9-6(10)5-1-3-8-4-2-5;6-3-5-4-1-2-4;;1-2/h3-6,8H,1-2H2,(H,13,15);2-5H,1H3;1-4H,7H2,(H,9,10);4H,1-2H2;1H4;1-2H2. The largest absolute Gasteiger partial charge is 0.465 e. The first-order chi connectivity index (χ1) is 21.0. The van der Waals surface area contributed by atoms with Crippen LogP contribution < -0.4 is 23.0 Å². The van der Waals surface area contributed by atoms with Gasteiger partial charge in [0.05, 0.1) is 23.9 Å². The Morgan fingerprint density at radius 1 is 0.955 bits per heavy atom. The quantitative estimate of drug-likeness (QED) is 0.0528. The molecule has 0 aromatic carbocycles. The van der Waals surface area contributed by atoms with E-state index >= 15 is 0 Å². The van der Waals surface area contributed by atoms with Crippen LogP contribution in [0.5, 0.6) is 0 Å². The maximum atomic E-state index is 10.8. The summed E-state index contributed by atoms with van der Waals surface area (Å²) < 4.78 is 7.28. The molecule has 1 amide bonds. The van der Waals surface area contributed by atoms with E-state index in [1.165, 1.54) is 45.2 Å². The van der Waals surface area contributed by atoms with E-state index in [4.69, 9.17) is 18.1 Å². The first-order valence-corrected chi connectivity index (χ1v) is 13.7. The molecule has 4 aromatic heterocycles. The van der Waals surface area contributed by atoms with Gasteiger partial charge in [-0.1, -0.05) is 7.43 Å². The van der Waals surface area contributed by atoms with Gasteiger partial charge in [0.15, 0.2) is 10.6 Å². The lowest BCUT2D eigenvalue weighted by Gasteiger charge is -2.03. The van der Waals surface area contributed by atoms with E-state index in [1.807, 2.05) is 17.6 Å². The molecular formula is C28H37N11O3S2. The highest BCUT2D eigenvalue weighted by Gasteiger charge is 2.27. The van der Waals surface area contributed by atoms with E-state index in [-0.39, 0.29) is 19.3 Å². The van der Waals surface area contributed by atoms with Gasteiger partial charge in [-0.3, -0.25) is 46.5 Å². The number of H-pyrrole nitrogens is 1. The Bertz CT molecular complexity index is 1440. The number of hydrogen-bond acceptors (Lipinski definition) is 13. The first-order valence-electron chi connectivity index (χ1n) is 12.8. The van der Waals surface area contributed by atoms with Crippen LogP contribution in [0, 0.1) is 4.77 Å². The fraction of sp³-hybridized carbons (Fsp3) is 0.286. The summed E-state index contributed by atoms with van der Waals surface area (Å²) in [4.78, 5) is 36.8. The van der Waals surface area contributed by atoms with E-state index in [0.717, 1.165) is 11.4 Å². The summed E-state index contributed by atoms with van der Waals surface area (Å²) in [5.74, 6) is 13.2. The van der Waals surface area contributed by atoms with Gasteiger partial charge in [-0.15, -0.1) is 0 Å². The zero-order chi connectivity index (χ0) is 31.5. The van der Waals surface area contributed by atoms with Crippen LogP contribution in [0.15, 0.2) is 78.6 Å². The molecule has 16 heteroatoms. The number of aliphatic imine (C=N–C) groups is 1. The molecule has 0 aliphatic heterocycles. The second kappa shape index (κ2) is 21.2. The Kier molecular flexibility index (Phi) is 18.0. The molecule has 4 aromatic rings. The number of isothiocyanates is 1. The molecule has 2 fully saturated rings. The van der Waals surface area contributed by atoms with E-state index in [0.29, 0.717) is 28.0 Å². The Morgan fingerprint density at radius 3 is 1.86 bits per heavy atom. The molecule has 44 heavy (non-hydrogen) atoms. The number of carbonyl (C=O) groups is 2. The summed E-state index contributed by atoms with van der Waals surface area (Å²) in [5, 5.41) is 9.46. The van der Waals surface area contributed by atoms with Crippen LogP contribution in [-0.4, -0.2) is 59.9 Å². The fourth-order valence-corrected chi connectivity index (χ4v) is 3.58. The van der Waals surface area contributed by atoms with Crippen LogP contribution in [0.25, 0.3) is 11.4 Å². The topological polar surface area (TPSA) is 218 Å². The molecule has 6 rings (SSSR count). The number of amides is 1. The normalized spacial score (nSPS) is 12.1. The molecular weight excluding hydrogens is 603 g/mol. The van der Waals surface area contributed by atoms with Crippen LogP contribution in [-0.2, 0) is 4.74 Å². The molecule has 8 N–H and O–H groups in total. The van der Waals surface area contributed by atoms with Crippen LogP contribution in [0.1, 0.15) is 59.9 Å². The average Bonchev–Trinajstić information content (AvgIpc) is 4.03. The minimum atomic E-state index is -0.331. The molecule has 2 aliphatic carbocycles. The Labute approximate surface area is 266 Å². The highest BCUT2D eigenvalue weighted by Crippen LogP contribution is 2.37. The second-order valence-electron chi connectivity index (χ2n) is 8.58. The van der Waals surface area contributed by atoms with E-state index in [2.05, 4.69) is 68.5 Å². The Hall–Kier alpha value is -4.57. The predicted octanol–water partition coefficient (Wildman–Crippen LogP) is 3.60. The van der Waals surface area contributed by atoms with Gasteiger partial charge in [0.2, 0.25) is 0 Å². The smallest absolute Gasteiger partial charge is 0.337 e. The van der Waals surface area contributed by atoms with Gasteiger partial charge < -0.3 is 4.74 Å². The van der Waals surface area contributed by atoms with E-state index in [9.17, 15) is 9.59 Å². The third kappa shape index (κ3) is 13.2. The summed E-state index contributed by atoms with van der Waals surface area (Å²) in [7, 11) is 1.35. The third-order valence-electron chi connectivity index (χ3n) is 5.51. The zero-order valence-electron chi connectivity index (χ0n) is 23.4. The minimum absolute atomic E-state index is 0. The maximum absolute atomic E-state index is 10.8. The number of hydrazine groups is 2. The number of aromatic amines is 1. The molecule has 14 nitrogen and oxygen atoms in total. The number of ether oxygens (including phenoxy) is 1. The van der Waals surface area contributed by atoms with Crippen molar-refractivity contribution in [2.45, 2.75) is 45.2 Å². The number of esters is 1. The minimum Gasteiger partial charge on any atom is -0.465 e. The number of methoxy groups -OCH3 is 1. The van der Waals surface area contributed by atoms with E-state index < -0.39 is 0 Å². The molecule has 0 saturated heterocycles. The number of hydrogen-bond donors (Lipinski definition) is 5. The third-order valence-corrected chi connectivity index (χ3v) is 5.91. The van der Waals surface area contributed by atoms with Gasteiger partial charge >= 0.3 is 5.97 Å². The lowest BCUT2D eigenvalue weighted by atomic mass is 10.2. The summed E-state index contributed by atoms with van der Waals surface area (Å²) in [5.41, 5.74) is 4.11. The maximum Gasteiger partial charge on any atom is 0.337 e. The Balaban J connectivity index is 0.000000298. The average molecular weight is 640 g/mol. The van der Waals surface area contributed by atoms with Crippen LogP contribution >= 0.6 is 24.4 Å². The van der Waals surface area contributed by atoms with Crippen molar-refractivity contribution in [2.24, 2.45) is 22.5 Å². The number of rotatable bonds is 5. The fourth-order valence-electron chi connectivity index (χ4n) is 3.15. The van der Waals surface area contributed by atoms with Gasteiger partial charge in [-0.25, -0.2) is 15.6 Å². The second-order valence-corrected chi connectivity index (χ2v) is 9.15. The number of nitrogens with two attached hydrogens (primary N) is 3. The lowest BCUT2D eigenvalue weighted by molar-refractivity contribution is 0.0600. The molecule has 0 spiro atoms. The van der Waals surface area contributed by atoms with Crippen molar-refractivity contribution in [3.63, 3.8) is 0 Å². The monoisotopic (exact) mass is 639 g/mol. The number of nitrogens with zero attached hydrogens (tertiary/aromatic N) is 6. The summed E-state index contributed by atoms with van der Waals surface area (Å²) in [6, 6.07) is 11.4. The molecule has 0 unspecified atom stereocenters. The number of pyridine rings is 3. The van der Waals surface area contributed by atoms with Crippen LogP contribution in [0.2, 0.25) is 0 Å². The number of nitrogen functional groups attached to an aromatic ring is 1. The molecule has 4 heterocycles. The van der Waals surface area contributed by atoms with Crippen molar-refractivity contribution in [1.29, 1.82) is 0 Å². The number of thiocarbonyl (C=S) groups is 1. The zero-order valence-corrected chi connectivity index (χ0v) is 25.0. The van der Waals surface area contributed by atoms with Gasteiger partial charge in [-0.05, 0) is 86.5 Å². The highest BCUT2D eigenvalue weighted by atomic mass is 32.1. The number of aromatic nitrogens is 6. The van der Waals surface area contributed by atoms with Crippen molar-refractivity contribution < 1.29 is 14.3 Å². The van der Waals surface area contributed by atoms with Crippen LogP contribution in [0.3, 0.4) is 0 Å². The van der Waals surface area contributed by atoms with Crippen molar-refractivity contribution in [1.82, 2.24) is 35.1 Å². The van der Waals surface area contributed by atoms with Gasteiger partial charge in [0, 0.05) is 54.3 Å². The summed E-state index contributed by atoms with van der Waals surface area (Å²) in [6.45, 7) is 0. The SMILES string of the molecule is C.COC(=O)c1ccncc1.NN.NNC(=O)c1ccncc1.S=C=NC1CC1.S=c1[nH]nc(-c2ccncc2)n1C1CC1. The molecule has 2 aliphatic rings. The lowest BCUT2D eigenvalue weighted by Crippen LogP contribution is -2.29. The van der Waals surface area contributed by atoms with Gasteiger partial charge in [0.1, 0.15) is 0 Å². The number of nitrogens with one attached hydrogen (secondary N) is 2. The van der Waals surface area contributed by atoms with Crippen molar-refractivity contribution in [2.75, 3.05) is 7.11 Å². The molecule has 234 valence electrons. The van der Waals surface area contributed by atoms with E-state index in [1.54, 1.807) is 49.1 Å². The molecule has 0 atom stereocenters. The number of carbonyl (C=O) groups excluding carboxylic acids is 2. The van der Waals surface area contributed by atoms with Gasteiger partial charge in [0.25, 0.3) is 5.91 Å². The highest BCUT2D eigenvalue weighted by molar-refractivity contribution is 7.78.